The number of nitrogens with two attached hydrogens (primary N) is 2. The lowest BCUT2D eigenvalue weighted by Crippen LogP contribution is -2.34. The standard InChI is InChI=1S/C18H29ClN4O4/c1-3-4-6-23(7-10-25-2)17(24)14-11-15(19)13-16(12-14)26-8-5-9-27-22-18(20)21/h11-13H,3-10H2,1-2H3,(H4,20,21,22). The molecule has 9 heteroatoms. The maximum absolute atomic E-state index is 12.8. The highest BCUT2D eigenvalue weighted by atomic mass is 35.5. The highest BCUT2D eigenvalue weighted by Crippen LogP contribution is 2.22. The molecule has 0 aliphatic heterocycles. The molecule has 0 heterocycles. The van der Waals surface area contributed by atoms with E-state index in [1.54, 1.807) is 30.2 Å². The van der Waals surface area contributed by atoms with Gasteiger partial charge in [-0.05, 0) is 29.8 Å². The molecule has 0 unspecified atom stereocenters. The zero-order valence-electron chi connectivity index (χ0n) is 15.9. The number of guanidine groups is 1. The summed E-state index contributed by atoms with van der Waals surface area (Å²) < 4.78 is 10.8. The first-order valence-corrected chi connectivity index (χ1v) is 9.28. The molecule has 152 valence electrons. The molecule has 27 heavy (non-hydrogen) atoms. The number of benzene rings is 1. The molecule has 1 rings (SSSR count). The first-order valence-electron chi connectivity index (χ1n) is 8.90. The topological polar surface area (TPSA) is 112 Å². The zero-order chi connectivity index (χ0) is 20.1. The van der Waals surface area contributed by atoms with E-state index in [0.717, 1.165) is 12.8 Å². The third-order valence-corrected chi connectivity index (χ3v) is 3.79. The third kappa shape index (κ3) is 9.35. The summed E-state index contributed by atoms with van der Waals surface area (Å²) >= 11 is 6.16. The van der Waals surface area contributed by atoms with E-state index in [1.165, 1.54) is 0 Å². The first kappa shape index (κ1) is 22.9. The van der Waals surface area contributed by atoms with Gasteiger partial charge in [0, 0.05) is 37.2 Å². The molecular weight excluding hydrogens is 372 g/mol. The van der Waals surface area contributed by atoms with Crippen LogP contribution in [0.15, 0.2) is 23.4 Å². The van der Waals surface area contributed by atoms with Crippen molar-refractivity contribution in [3.8, 4) is 5.75 Å². The maximum Gasteiger partial charge on any atom is 0.254 e. The number of amides is 1. The number of ether oxygens (including phenoxy) is 2. The minimum atomic E-state index is -0.130. The lowest BCUT2D eigenvalue weighted by Gasteiger charge is -2.22. The van der Waals surface area contributed by atoms with Crippen molar-refractivity contribution in [2.24, 2.45) is 16.6 Å². The van der Waals surface area contributed by atoms with E-state index in [2.05, 4.69) is 12.1 Å². The molecule has 0 saturated heterocycles. The minimum absolute atomic E-state index is 0.0936. The second kappa shape index (κ2) is 13.1. The van der Waals surface area contributed by atoms with Crippen LogP contribution in [0.2, 0.25) is 5.02 Å². The van der Waals surface area contributed by atoms with Crippen LogP contribution in [0.5, 0.6) is 5.75 Å². The van der Waals surface area contributed by atoms with Gasteiger partial charge in [0.25, 0.3) is 5.91 Å². The summed E-state index contributed by atoms with van der Waals surface area (Å²) in [5, 5.41) is 3.86. The van der Waals surface area contributed by atoms with Crippen molar-refractivity contribution in [3.63, 3.8) is 0 Å². The summed E-state index contributed by atoms with van der Waals surface area (Å²) in [6.45, 7) is 4.45. The highest BCUT2D eigenvalue weighted by molar-refractivity contribution is 6.31. The van der Waals surface area contributed by atoms with Crippen LogP contribution in [0.25, 0.3) is 0 Å². The molecule has 0 bridgehead atoms. The Labute approximate surface area is 165 Å². The van der Waals surface area contributed by atoms with Crippen molar-refractivity contribution in [1.82, 2.24) is 4.90 Å². The van der Waals surface area contributed by atoms with Gasteiger partial charge in [0.05, 0.1) is 13.2 Å². The van der Waals surface area contributed by atoms with Crippen molar-refractivity contribution in [2.45, 2.75) is 26.2 Å². The minimum Gasteiger partial charge on any atom is -0.493 e. The largest absolute Gasteiger partial charge is 0.493 e. The van der Waals surface area contributed by atoms with Crippen molar-refractivity contribution in [2.75, 3.05) is 40.0 Å². The molecule has 0 atom stereocenters. The number of halogens is 1. The Morgan fingerprint density at radius 3 is 2.59 bits per heavy atom. The maximum atomic E-state index is 12.8. The van der Waals surface area contributed by atoms with Crippen LogP contribution >= 0.6 is 11.6 Å². The first-order chi connectivity index (χ1) is 13.0. The predicted octanol–water partition coefficient (Wildman–Crippen LogP) is 2.20. The molecule has 0 spiro atoms. The molecule has 0 aromatic heterocycles. The van der Waals surface area contributed by atoms with Gasteiger partial charge in [-0.3, -0.25) is 4.79 Å². The normalized spacial score (nSPS) is 10.3. The molecule has 0 aliphatic rings. The number of hydrogen-bond acceptors (Lipinski definition) is 5. The smallest absolute Gasteiger partial charge is 0.254 e. The van der Waals surface area contributed by atoms with Crippen LogP contribution in [0.4, 0.5) is 0 Å². The van der Waals surface area contributed by atoms with E-state index in [-0.39, 0.29) is 11.9 Å². The monoisotopic (exact) mass is 400 g/mol. The van der Waals surface area contributed by atoms with Gasteiger partial charge in [0.1, 0.15) is 12.4 Å². The Balaban J connectivity index is 2.68. The van der Waals surface area contributed by atoms with Gasteiger partial charge in [-0.15, -0.1) is 0 Å². The second-order valence-corrected chi connectivity index (χ2v) is 6.30. The van der Waals surface area contributed by atoms with Crippen LogP contribution in [-0.2, 0) is 9.57 Å². The second-order valence-electron chi connectivity index (χ2n) is 5.87. The van der Waals surface area contributed by atoms with Gasteiger partial charge in [-0.1, -0.05) is 24.9 Å². The number of nitrogens with zero attached hydrogens (tertiary/aromatic N) is 2. The number of oxime groups is 1. The number of carbonyl (C=O) groups excluding carboxylic acids is 1. The average Bonchev–Trinajstić information content (AvgIpc) is 2.63. The van der Waals surface area contributed by atoms with Crippen LogP contribution in [0, 0.1) is 0 Å². The number of carbonyl (C=O) groups is 1. The van der Waals surface area contributed by atoms with E-state index in [9.17, 15) is 4.79 Å². The van der Waals surface area contributed by atoms with Gasteiger partial charge in [-0.25, -0.2) is 0 Å². The molecule has 0 saturated carbocycles. The lowest BCUT2D eigenvalue weighted by atomic mass is 10.1. The summed E-state index contributed by atoms with van der Waals surface area (Å²) in [6.07, 6.45) is 2.50. The fraction of sp³-hybridized carbons (Fsp3) is 0.556. The molecule has 0 radical (unpaired) electrons. The van der Waals surface area contributed by atoms with Crippen molar-refractivity contribution >= 4 is 23.5 Å². The Hall–Kier alpha value is -2.19. The average molecular weight is 401 g/mol. The van der Waals surface area contributed by atoms with Crippen molar-refractivity contribution in [3.05, 3.63) is 28.8 Å². The number of hydrogen-bond donors (Lipinski definition) is 2. The van der Waals surface area contributed by atoms with Gasteiger partial charge in [-0.2, -0.15) is 0 Å². The summed E-state index contributed by atoms with van der Waals surface area (Å²) in [6, 6.07) is 5.00. The number of unbranched alkanes of at least 4 members (excludes halogenated alkanes) is 1. The molecule has 1 aromatic carbocycles. The summed E-state index contributed by atoms with van der Waals surface area (Å²) in [7, 11) is 1.62. The van der Waals surface area contributed by atoms with Crippen molar-refractivity contribution in [1.29, 1.82) is 0 Å². The van der Waals surface area contributed by atoms with E-state index < -0.39 is 0 Å². The zero-order valence-corrected chi connectivity index (χ0v) is 16.7. The Bertz CT molecular complexity index is 601. The quantitative estimate of drug-likeness (QED) is 0.227. The van der Waals surface area contributed by atoms with E-state index >= 15 is 0 Å². The fourth-order valence-electron chi connectivity index (χ4n) is 2.25. The Kier molecular flexibility index (Phi) is 11.0. The highest BCUT2D eigenvalue weighted by Gasteiger charge is 2.17. The lowest BCUT2D eigenvalue weighted by molar-refractivity contribution is 0.0692. The number of methoxy groups -OCH3 is 1. The van der Waals surface area contributed by atoms with Gasteiger partial charge in [0.2, 0.25) is 5.96 Å². The van der Waals surface area contributed by atoms with Crippen LogP contribution in [-0.4, -0.2) is 56.8 Å². The molecule has 0 aliphatic carbocycles. The van der Waals surface area contributed by atoms with Crippen LogP contribution < -0.4 is 16.2 Å². The summed E-state index contributed by atoms with van der Waals surface area (Å²) in [4.78, 5) is 19.5. The molecule has 0 fully saturated rings. The van der Waals surface area contributed by atoms with Gasteiger partial charge >= 0.3 is 0 Å². The summed E-state index contributed by atoms with van der Waals surface area (Å²) in [5.41, 5.74) is 10.8. The molecule has 1 aromatic rings. The van der Waals surface area contributed by atoms with E-state index in [4.69, 9.17) is 37.4 Å². The molecule has 4 N–H and O–H groups in total. The van der Waals surface area contributed by atoms with E-state index in [1.807, 2.05) is 0 Å². The van der Waals surface area contributed by atoms with E-state index in [0.29, 0.717) is 55.7 Å². The Morgan fingerprint density at radius 2 is 1.93 bits per heavy atom. The SMILES string of the molecule is CCCCN(CCOC)C(=O)c1cc(Cl)cc(OCCCON=C(N)N)c1. The van der Waals surface area contributed by atoms with Gasteiger partial charge < -0.3 is 30.7 Å². The predicted molar refractivity (Wildman–Crippen MR) is 106 cm³/mol. The van der Waals surface area contributed by atoms with Crippen LogP contribution in [0.3, 0.4) is 0 Å². The third-order valence-electron chi connectivity index (χ3n) is 3.57. The van der Waals surface area contributed by atoms with Gasteiger partial charge in [0.15, 0.2) is 0 Å². The molecular formula is C18H29ClN4O4. The molecule has 1 amide bonds. The van der Waals surface area contributed by atoms with Crippen LogP contribution in [0.1, 0.15) is 36.5 Å². The molecule has 8 nitrogen and oxygen atoms in total. The van der Waals surface area contributed by atoms with Crippen molar-refractivity contribution < 1.29 is 19.1 Å². The Morgan fingerprint density at radius 1 is 1.15 bits per heavy atom. The number of rotatable bonds is 13. The summed E-state index contributed by atoms with van der Waals surface area (Å²) in [5.74, 6) is 0.300. The fourth-order valence-corrected chi connectivity index (χ4v) is 2.48.